The Hall–Kier alpha value is -4.01. The van der Waals surface area contributed by atoms with E-state index in [1.54, 1.807) is 36.7 Å². The van der Waals surface area contributed by atoms with Crippen molar-refractivity contribution in [2.24, 2.45) is 7.05 Å². The largest absolute Gasteiger partial charge is 0.481 e. The fourth-order valence-electron chi connectivity index (χ4n) is 4.34. The Morgan fingerprint density at radius 3 is 2.62 bits per heavy atom. The van der Waals surface area contributed by atoms with Crippen molar-refractivity contribution in [3.05, 3.63) is 54.0 Å². The van der Waals surface area contributed by atoms with Gasteiger partial charge in [0, 0.05) is 49.0 Å². The van der Waals surface area contributed by atoms with Crippen molar-refractivity contribution in [2.45, 2.75) is 25.4 Å². The molecule has 5 rings (SSSR count). The number of methoxy groups -OCH3 is 1. The number of hydrogen-bond acceptors (Lipinski definition) is 6. The van der Waals surface area contributed by atoms with Crippen molar-refractivity contribution in [1.29, 1.82) is 0 Å². The standard InChI is InChI=1S/C23H21N5O4/c1-27-12-25-20(21(27)14-4-8-19(32-2)24-10-14)13-3-5-16-15(9-13)11-28(23(16)31)17-6-7-18(29)26-22(17)30/h3-5,8-10,12,17H,6-7,11H2,1-2H3,(H,26,29,30). The number of carbonyl (C=O) groups excluding carboxylic acids is 3. The summed E-state index contributed by atoms with van der Waals surface area (Å²) in [5, 5.41) is 2.33. The molecule has 1 atom stereocenters. The first-order valence-electron chi connectivity index (χ1n) is 10.3. The van der Waals surface area contributed by atoms with Crippen molar-refractivity contribution in [2.75, 3.05) is 7.11 Å². The van der Waals surface area contributed by atoms with E-state index in [0.29, 0.717) is 24.4 Å². The summed E-state index contributed by atoms with van der Waals surface area (Å²) < 4.78 is 7.07. The van der Waals surface area contributed by atoms with E-state index in [-0.39, 0.29) is 18.2 Å². The number of benzene rings is 1. The molecule has 2 aliphatic rings. The number of nitrogens with zero attached hydrogens (tertiary/aromatic N) is 4. The Morgan fingerprint density at radius 1 is 1.09 bits per heavy atom. The normalized spacial score (nSPS) is 18.0. The predicted octanol–water partition coefficient (Wildman–Crippen LogP) is 1.92. The third kappa shape index (κ3) is 3.22. The monoisotopic (exact) mass is 431 g/mol. The van der Waals surface area contributed by atoms with Crippen molar-refractivity contribution < 1.29 is 19.1 Å². The minimum atomic E-state index is -0.633. The maximum Gasteiger partial charge on any atom is 0.255 e. The van der Waals surface area contributed by atoms with Gasteiger partial charge in [-0.2, -0.15) is 0 Å². The molecule has 2 aliphatic heterocycles. The highest BCUT2D eigenvalue weighted by atomic mass is 16.5. The molecule has 32 heavy (non-hydrogen) atoms. The van der Waals surface area contributed by atoms with Gasteiger partial charge in [0.25, 0.3) is 5.91 Å². The van der Waals surface area contributed by atoms with Crippen LogP contribution in [-0.4, -0.2) is 50.3 Å². The van der Waals surface area contributed by atoms with Crippen LogP contribution in [-0.2, 0) is 23.2 Å². The highest BCUT2D eigenvalue weighted by Gasteiger charge is 2.39. The summed E-state index contributed by atoms with van der Waals surface area (Å²) in [5.41, 5.74) is 4.83. The molecule has 9 nitrogen and oxygen atoms in total. The van der Waals surface area contributed by atoms with Gasteiger partial charge in [-0.1, -0.05) is 6.07 Å². The van der Waals surface area contributed by atoms with Crippen molar-refractivity contribution in [3.63, 3.8) is 0 Å². The third-order valence-electron chi connectivity index (χ3n) is 5.95. The van der Waals surface area contributed by atoms with Crippen LogP contribution < -0.4 is 10.1 Å². The number of imidazole rings is 1. The molecule has 3 aromatic rings. The number of aryl methyl sites for hydroxylation is 1. The summed E-state index contributed by atoms with van der Waals surface area (Å²) in [6, 6.07) is 8.69. The lowest BCUT2D eigenvalue weighted by atomic mass is 10.0. The molecule has 0 bridgehead atoms. The predicted molar refractivity (Wildman–Crippen MR) is 114 cm³/mol. The highest BCUT2D eigenvalue weighted by molar-refractivity contribution is 6.05. The van der Waals surface area contributed by atoms with Gasteiger partial charge < -0.3 is 14.2 Å². The Labute approximate surface area is 184 Å². The summed E-state index contributed by atoms with van der Waals surface area (Å²) in [6.07, 6.45) is 4.05. The molecule has 1 unspecified atom stereocenters. The van der Waals surface area contributed by atoms with Gasteiger partial charge in [0.15, 0.2) is 0 Å². The first-order valence-corrected chi connectivity index (χ1v) is 10.3. The number of rotatable bonds is 4. The van der Waals surface area contributed by atoms with Crippen LogP contribution in [0, 0.1) is 0 Å². The minimum Gasteiger partial charge on any atom is -0.481 e. The SMILES string of the molecule is COc1ccc(-c2c(-c3ccc4c(c3)CN(C3CCC(=O)NC3=O)C4=O)ncn2C)cn1. The fourth-order valence-corrected chi connectivity index (χ4v) is 4.34. The maximum absolute atomic E-state index is 12.9. The molecular formula is C23H21N5O4. The first kappa shape index (κ1) is 19.9. The summed E-state index contributed by atoms with van der Waals surface area (Å²) in [4.78, 5) is 47.1. The van der Waals surface area contributed by atoms with E-state index in [9.17, 15) is 14.4 Å². The number of imide groups is 1. The first-order chi connectivity index (χ1) is 15.5. The number of nitrogens with one attached hydrogen (secondary N) is 1. The van der Waals surface area contributed by atoms with E-state index in [1.165, 1.54) is 0 Å². The molecule has 0 aliphatic carbocycles. The lowest BCUT2D eigenvalue weighted by molar-refractivity contribution is -0.136. The number of carbonyl (C=O) groups is 3. The van der Waals surface area contributed by atoms with Gasteiger partial charge in [-0.05, 0) is 30.2 Å². The van der Waals surface area contributed by atoms with Crippen LogP contribution in [0.3, 0.4) is 0 Å². The molecular weight excluding hydrogens is 410 g/mol. The van der Waals surface area contributed by atoms with Gasteiger partial charge in [-0.15, -0.1) is 0 Å². The zero-order valence-electron chi connectivity index (χ0n) is 17.7. The quantitative estimate of drug-likeness (QED) is 0.633. The molecule has 3 amide bonds. The van der Waals surface area contributed by atoms with E-state index >= 15 is 0 Å². The lowest BCUT2D eigenvalue weighted by Crippen LogP contribution is -2.52. The number of amides is 3. The molecule has 1 saturated heterocycles. The highest BCUT2D eigenvalue weighted by Crippen LogP contribution is 2.35. The van der Waals surface area contributed by atoms with E-state index < -0.39 is 11.9 Å². The molecule has 1 aromatic carbocycles. The van der Waals surface area contributed by atoms with Gasteiger partial charge >= 0.3 is 0 Å². The zero-order chi connectivity index (χ0) is 22.4. The molecule has 0 saturated carbocycles. The number of aromatic nitrogens is 3. The van der Waals surface area contributed by atoms with Crippen molar-refractivity contribution >= 4 is 17.7 Å². The Morgan fingerprint density at radius 2 is 1.91 bits per heavy atom. The molecule has 162 valence electrons. The average Bonchev–Trinajstić information content (AvgIpc) is 3.33. The summed E-state index contributed by atoms with van der Waals surface area (Å²) in [5.74, 6) is -0.376. The van der Waals surface area contributed by atoms with Crippen LogP contribution in [0.4, 0.5) is 0 Å². The number of piperidine rings is 1. The van der Waals surface area contributed by atoms with Crippen LogP contribution in [0.25, 0.3) is 22.5 Å². The van der Waals surface area contributed by atoms with Crippen LogP contribution >= 0.6 is 0 Å². The second kappa shape index (κ2) is 7.60. The average molecular weight is 431 g/mol. The van der Waals surface area contributed by atoms with Gasteiger partial charge in [0.2, 0.25) is 17.7 Å². The van der Waals surface area contributed by atoms with Crippen molar-refractivity contribution in [1.82, 2.24) is 24.8 Å². The number of pyridine rings is 1. The zero-order valence-corrected chi connectivity index (χ0v) is 17.7. The van der Waals surface area contributed by atoms with Gasteiger partial charge in [0.05, 0.1) is 24.8 Å². The van der Waals surface area contributed by atoms with Gasteiger partial charge in [-0.3, -0.25) is 19.7 Å². The van der Waals surface area contributed by atoms with Crippen LogP contribution in [0.15, 0.2) is 42.9 Å². The summed E-state index contributed by atoms with van der Waals surface area (Å²) >= 11 is 0. The lowest BCUT2D eigenvalue weighted by Gasteiger charge is -2.29. The van der Waals surface area contributed by atoms with Crippen LogP contribution in [0.5, 0.6) is 5.88 Å². The summed E-state index contributed by atoms with van der Waals surface area (Å²) in [6.45, 7) is 0.320. The van der Waals surface area contributed by atoms with Gasteiger partial charge in [0.1, 0.15) is 6.04 Å². The van der Waals surface area contributed by atoms with E-state index in [2.05, 4.69) is 15.3 Å². The Balaban J connectivity index is 1.47. The van der Waals surface area contributed by atoms with E-state index in [4.69, 9.17) is 4.74 Å². The topological polar surface area (TPSA) is 106 Å². The Bertz CT molecular complexity index is 1250. The second-order valence-corrected chi connectivity index (χ2v) is 7.91. The van der Waals surface area contributed by atoms with Crippen LogP contribution in [0.2, 0.25) is 0 Å². The van der Waals surface area contributed by atoms with Gasteiger partial charge in [-0.25, -0.2) is 9.97 Å². The van der Waals surface area contributed by atoms with Crippen molar-refractivity contribution in [3.8, 4) is 28.4 Å². The molecule has 4 heterocycles. The summed E-state index contributed by atoms with van der Waals surface area (Å²) in [7, 11) is 3.49. The van der Waals surface area contributed by atoms with Crippen LogP contribution in [0.1, 0.15) is 28.8 Å². The third-order valence-corrected chi connectivity index (χ3v) is 5.95. The Kier molecular flexibility index (Phi) is 4.73. The molecule has 2 aromatic heterocycles. The number of fused-ring (bicyclic) bond motifs is 1. The molecule has 1 fully saturated rings. The molecule has 0 spiro atoms. The maximum atomic E-state index is 12.9. The smallest absolute Gasteiger partial charge is 0.255 e. The number of hydrogen-bond donors (Lipinski definition) is 1. The fraction of sp³-hybridized carbons (Fsp3) is 0.261. The van der Waals surface area contributed by atoms with E-state index in [0.717, 1.165) is 28.1 Å². The second-order valence-electron chi connectivity index (χ2n) is 7.91. The minimum absolute atomic E-state index is 0.193. The number of ether oxygens (including phenoxy) is 1. The molecule has 0 radical (unpaired) electrons. The molecule has 1 N–H and O–H groups in total. The van der Waals surface area contributed by atoms with E-state index in [1.807, 2.05) is 29.8 Å². The molecule has 9 heteroatoms.